The SMILES string of the molecule is COC(O)CC(O)OC(CCO)OC. The molecule has 0 aliphatic heterocycles. The molecule has 0 rings (SSSR count). The van der Waals surface area contributed by atoms with Crippen molar-refractivity contribution < 1.29 is 29.5 Å². The number of rotatable bonds is 8. The average molecular weight is 210 g/mol. The molecule has 0 aromatic rings. The molecular weight excluding hydrogens is 192 g/mol. The van der Waals surface area contributed by atoms with Crippen molar-refractivity contribution in [3.63, 3.8) is 0 Å². The van der Waals surface area contributed by atoms with Crippen molar-refractivity contribution in [2.75, 3.05) is 20.8 Å². The topological polar surface area (TPSA) is 88.4 Å². The highest BCUT2D eigenvalue weighted by atomic mass is 16.7. The third-order valence-electron chi connectivity index (χ3n) is 1.61. The van der Waals surface area contributed by atoms with Gasteiger partial charge in [0.25, 0.3) is 0 Å². The lowest BCUT2D eigenvalue weighted by Crippen LogP contribution is -2.28. The van der Waals surface area contributed by atoms with Crippen molar-refractivity contribution >= 4 is 0 Å². The molecule has 0 saturated heterocycles. The van der Waals surface area contributed by atoms with Gasteiger partial charge in [0.2, 0.25) is 0 Å². The molecule has 6 heteroatoms. The van der Waals surface area contributed by atoms with E-state index >= 15 is 0 Å². The van der Waals surface area contributed by atoms with E-state index in [-0.39, 0.29) is 19.4 Å². The van der Waals surface area contributed by atoms with E-state index in [1.807, 2.05) is 0 Å². The minimum atomic E-state index is -1.18. The number of aliphatic hydroxyl groups is 3. The van der Waals surface area contributed by atoms with Gasteiger partial charge in [0.15, 0.2) is 18.9 Å². The molecule has 0 fully saturated rings. The Balaban J connectivity index is 3.71. The van der Waals surface area contributed by atoms with Crippen LogP contribution >= 0.6 is 0 Å². The largest absolute Gasteiger partial charge is 0.396 e. The molecule has 3 unspecified atom stereocenters. The third kappa shape index (κ3) is 6.25. The van der Waals surface area contributed by atoms with Gasteiger partial charge in [-0.25, -0.2) is 0 Å². The summed E-state index contributed by atoms with van der Waals surface area (Å²) in [7, 11) is 2.72. The van der Waals surface area contributed by atoms with Gasteiger partial charge in [-0.1, -0.05) is 0 Å². The van der Waals surface area contributed by atoms with E-state index in [0.29, 0.717) is 0 Å². The molecule has 0 amide bonds. The third-order valence-corrected chi connectivity index (χ3v) is 1.61. The van der Waals surface area contributed by atoms with Crippen LogP contribution < -0.4 is 0 Å². The van der Waals surface area contributed by atoms with Gasteiger partial charge < -0.3 is 29.5 Å². The van der Waals surface area contributed by atoms with Crippen molar-refractivity contribution in [3.05, 3.63) is 0 Å². The molecule has 0 aliphatic rings. The lowest BCUT2D eigenvalue weighted by atomic mass is 10.4. The fraction of sp³-hybridized carbons (Fsp3) is 1.00. The second-order valence-electron chi connectivity index (χ2n) is 2.69. The van der Waals surface area contributed by atoms with E-state index in [4.69, 9.17) is 19.7 Å². The van der Waals surface area contributed by atoms with Crippen LogP contribution in [0.25, 0.3) is 0 Å². The Hall–Kier alpha value is -0.240. The highest BCUT2D eigenvalue weighted by molar-refractivity contribution is 4.49. The van der Waals surface area contributed by atoms with E-state index in [1.54, 1.807) is 0 Å². The van der Waals surface area contributed by atoms with E-state index in [0.717, 1.165) is 0 Å². The van der Waals surface area contributed by atoms with Gasteiger partial charge in [-0.3, -0.25) is 0 Å². The van der Waals surface area contributed by atoms with E-state index in [9.17, 15) is 5.11 Å². The van der Waals surface area contributed by atoms with Crippen LogP contribution in [0.1, 0.15) is 12.8 Å². The monoisotopic (exact) mass is 210 g/mol. The normalized spacial score (nSPS) is 17.8. The molecule has 0 saturated carbocycles. The van der Waals surface area contributed by atoms with Gasteiger partial charge >= 0.3 is 0 Å². The van der Waals surface area contributed by atoms with Crippen LogP contribution in [0.15, 0.2) is 0 Å². The van der Waals surface area contributed by atoms with Crippen LogP contribution in [-0.2, 0) is 14.2 Å². The van der Waals surface area contributed by atoms with Crippen molar-refractivity contribution in [2.45, 2.75) is 31.7 Å². The molecule has 0 aromatic carbocycles. The molecule has 6 nitrogen and oxygen atoms in total. The van der Waals surface area contributed by atoms with Crippen LogP contribution in [0.4, 0.5) is 0 Å². The summed E-state index contributed by atoms with van der Waals surface area (Å²) >= 11 is 0. The fourth-order valence-corrected chi connectivity index (χ4v) is 0.846. The summed E-state index contributed by atoms with van der Waals surface area (Å²) in [6.07, 6.45) is -2.74. The van der Waals surface area contributed by atoms with E-state index in [1.165, 1.54) is 14.2 Å². The quantitative estimate of drug-likeness (QED) is 0.447. The average Bonchev–Trinajstić information content (AvgIpc) is 2.16. The number of hydrogen-bond acceptors (Lipinski definition) is 6. The molecule has 3 atom stereocenters. The molecule has 0 spiro atoms. The van der Waals surface area contributed by atoms with Gasteiger partial charge in [0, 0.05) is 33.7 Å². The Kier molecular flexibility index (Phi) is 7.96. The highest BCUT2D eigenvalue weighted by Crippen LogP contribution is 2.07. The fourth-order valence-electron chi connectivity index (χ4n) is 0.846. The minimum absolute atomic E-state index is 0.0677. The number of ether oxygens (including phenoxy) is 3. The zero-order chi connectivity index (χ0) is 11.0. The lowest BCUT2D eigenvalue weighted by molar-refractivity contribution is -0.243. The summed E-state index contributed by atoms with van der Waals surface area (Å²) in [5, 5.41) is 26.8. The smallest absolute Gasteiger partial charge is 0.162 e. The van der Waals surface area contributed by atoms with Crippen molar-refractivity contribution in [3.8, 4) is 0 Å². The predicted molar refractivity (Wildman–Crippen MR) is 47.2 cm³/mol. The minimum Gasteiger partial charge on any atom is -0.396 e. The maximum atomic E-state index is 9.25. The zero-order valence-corrected chi connectivity index (χ0v) is 8.42. The van der Waals surface area contributed by atoms with E-state index in [2.05, 4.69) is 4.74 Å². The van der Waals surface area contributed by atoms with E-state index < -0.39 is 18.9 Å². The number of hydrogen-bond donors (Lipinski definition) is 3. The van der Waals surface area contributed by atoms with Crippen LogP contribution in [0.2, 0.25) is 0 Å². The summed E-state index contributed by atoms with van der Waals surface area (Å²) in [4.78, 5) is 0. The van der Waals surface area contributed by atoms with Gasteiger partial charge in [-0.15, -0.1) is 0 Å². The van der Waals surface area contributed by atoms with Crippen molar-refractivity contribution in [2.24, 2.45) is 0 Å². The van der Waals surface area contributed by atoms with Gasteiger partial charge in [0.05, 0.1) is 0 Å². The van der Waals surface area contributed by atoms with Crippen LogP contribution in [0, 0.1) is 0 Å². The molecular formula is C8H18O6. The first-order valence-electron chi connectivity index (χ1n) is 4.32. The summed E-state index contributed by atoms with van der Waals surface area (Å²) in [6, 6.07) is 0. The maximum absolute atomic E-state index is 9.25. The van der Waals surface area contributed by atoms with Gasteiger partial charge in [-0.2, -0.15) is 0 Å². The first-order chi connectivity index (χ1) is 6.63. The Bertz CT molecular complexity index is 131. The van der Waals surface area contributed by atoms with Crippen LogP contribution in [0.5, 0.6) is 0 Å². The first kappa shape index (κ1) is 13.8. The molecule has 0 bridgehead atoms. The van der Waals surface area contributed by atoms with Crippen LogP contribution in [0.3, 0.4) is 0 Å². The molecule has 0 aliphatic carbocycles. The summed E-state index contributed by atoms with van der Waals surface area (Å²) in [5.74, 6) is 0. The Morgan fingerprint density at radius 2 is 1.71 bits per heavy atom. The molecule has 0 aromatic heterocycles. The second kappa shape index (κ2) is 8.10. The zero-order valence-electron chi connectivity index (χ0n) is 8.42. The summed E-state index contributed by atoms with van der Waals surface area (Å²) < 4.78 is 14.3. The molecule has 14 heavy (non-hydrogen) atoms. The standard InChI is InChI=1S/C8H18O6/c1-12-6(10)5-7(11)14-8(13-2)3-4-9/h6-11H,3-5H2,1-2H3. The van der Waals surface area contributed by atoms with Gasteiger partial charge in [0.1, 0.15) is 0 Å². The summed E-state index contributed by atoms with van der Waals surface area (Å²) in [5.41, 5.74) is 0. The first-order valence-corrected chi connectivity index (χ1v) is 4.32. The second-order valence-corrected chi connectivity index (χ2v) is 2.69. The maximum Gasteiger partial charge on any atom is 0.162 e. The van der Waals surface area contributed by atoms with Gasteiger partial charge in [-0.05, 0) is 0 Å². The molecule has 3 N–H and O–H groups in total. The highest BCUT2D eigenvalue weighted by Gasteiger charge is 2.16. The Morgan fingerprint density at radius 1 is 1.07 bits per heavy atom. The lowest BCUT2D eigenvalue weighted by Gasteiger charge is -2.20. The number of aliphatic hydroxyl groups excluding tert-OH is 3. The van der Waals surface area contributed by atoms with Crippen molar-refractivity contribution in [1.82, 2.24) is 0 Å². The number of methoxy groups -OCH3 is 2. The van der Waals surface area contributed by atoms with Crippen molar-refractivity contribution in [1.29, 1.82) is 0 Å². The molecule has 86 valence electrons. The molecule has 0 radical (unpaired) electrons. The Morgan fingerprint density at radius 3 is 2.14 bits per heavy atom. The Labute approximate surface area is 83.0 Å². The molecule has 0 heterocycles. The van der Waals surface area contributed by atoms with Crippen LogP contribution in [-0.4, -0.2) is 55.0 Å². The predicted octanol–water partition coefficient (Wildman–Crippen LogP) is -0.969. The summed E-state index contributed by atoms with van der Waals surface area (Å²) in [6.45, 7) is -0.0991.